The highest BCUT2D eigenvalue weighted by molar-refractivity contribution is 5.93. The topological polar surface area (TPSA) is 84.2 Å². The van der Waals surface area contributed by atoms with Crippen molar-refractivity contribution in [2.24, 2.45) is 0 Å². The molecule has 1 amide bonds. The molecule has 0 aliphatic heterocycles. The Morgan fingerprint density at radius 2 is 2.00 bits per heavy atom. The number of carboxylic acids is 1. The van der Waals surface area contributed by atoms with E-state index in [1.807, 2.05) is 45.0 Å². The molecule has 6 heteroatoms. The molecule has 0 bridgehead atoms. The second kappa shape index (κ2) is 7.09. The molecular weight excluding hydrogens is 294 g/mol. The standard InChI is InChI=1S/C17H21N3O3/c1-4-20-15(9-12(3)19-20)17(23)18-14(10-16(21)22)13-8-6-5-7-11(13)2/h5-9,14H,4,10H2,1-3H3,(H,18,23)(H,21,22)/t14-/m1/s1. The first-order chi connectivity index (χ1) is 10.9. The van der Waals surface area contributed by atoms with E-state index in [9.17, 15) is 9.59 Å². The summed E-state index contributed by atoms with van der Waals surface area (Å²) in [7, 11) is 0. The largest absolute Gasteiger partial charge is 0.481 e. The molecule has 0 saturated heterocycles. The molecule has 122 valence electrons. The van der Waals surface area contributed by atoms with Gasteiger partial charge in [0.05, 0.1) is 18.2 Å². The number of carbonyl (C=O) groups excluding carboxylic acids is 1. The number of benzene rings is 1. The predicted octanol–water partition coefficient (Wildman–Crippen LogP) is 2.47. The highest BCUT2D eigenvalue weighted by Gasteiger charge is 2.22. The molecule has 0 saturated carbocycles. The van der Waals surface area contributed by atoms with Gasteiger partial charge in [0, 0.05) is 6.54 Å². The first-order valence-electron chi connectivity index (χ1n) is 7.55. The van der Waals surface area contributed by atoms with E-state index >= 15 is 0 Å². The van der Waals surface area contributed by atoms with Crippen molar-refractivity contribution in [3.05, 3.63) is 52.8 Å². The summed E-state index contributed by atoms with van der Waals surface area (Å²) >= 11 is 0. The summed E-state index contributed by atoms with van der Waals surface area (Å²) in [4.78, 5) is 23.7. The smallest absolute Gasteiger partial charge is 0.305 e. The van der Waals surface area contributed by atoms with Crippen LogP contribution < -0.4 is 5.32 Å². The lowest BCUT2D eigenvalue weighted by Gasteiger charge is -2.19. The van der Waals surface area contributed by atoms with Crippen molar-refractivity contribution in [2.75, 3.05) is 0 Å². The summed E-state index contributed by atoms with van der Waals surface area (Å²) in [6, 6.07) is 8.58. The average molecular weight is 315 g/mol. The Bertz CT molecular complexity index is 722. The van der Waals surface area contributed by atoms with Crippen LogP contribution in [0.3, 0.4) is 0 Å². The number of nitrogens with one attached hydrogen (secondary N) is 1. The van der Waals surface area contributed by atoms with Gasteiger partial charge in [-0.05, 0) is 38.0 Å². The number of aromatic nitrogens is 2. The number of aliphatic carboxylic acids is 1. The molecule has 2 N–H and O–H groups in total. The van der Waals surface area contributed by atoms with Crippen LogP contribution in [0.25, 0.3) is 0 Å². The Balaban J connectivity index is 2.29. The lowest BCUT2D eigenvalue weighted by molar-refractivity contribution is -0.137. The molecule has 1 aromatic heterocycles. The maximum absolute atomic E-state index is 12.5. The quantitative estimate of drug-likeness (QED) is 0.857. The van der Waals surface area contributed by atoms with E-state index < -0.39 is 12.0 Å². The number of carbonyl (C=O) groups is 2. The molecule has 6 nitrogen and oxygen atoms in total. The Morgan fingerprint density at radius 3 is 2.61 bits per heavy atom. The molecule has 1 aromatic carbocycles. The summed E-state index contributed by atoms with van der Waals surface area (Å²) in [5.41, 5.74) is 2.94. The summed E-state index contributed by atoms with van der Waals surface area (Å²) in [5.74, 6) is -1.28. The van der Waals surface area contributed by atoms with Crippen molar-refractivity contribution < 1.29 is 14.7 Å². The number of aryl methyl sites for hydroxylation is 3. The number of hydrogen-bond acceptors (Lipinski definition) is 3. The van der Waals surface area contributed by atoms with Crippen LogP contribution in [0.2, 0.25) is 0 Å². The van der Waals surface area contributed by atoms with Gasteiger partial charge in [-0.15, -0.1) is 0 Å². The minimum absolute atomic E-state index is 0.171. The molecule has 0 radical (unpaired) electrons. The van der Waals surface area contributed by atoms with Crippen molar-refractivity contribution in [1.29, 1.82) is 0 Å². The maximum Gasteiger partial charge on any atom is 0.305 e. The van der Waals surface area contributed by atoms with Gasteiger partial charge in [-0.1, -0.05) is 24.3 Å². The molecule has 1 atom stereocenters. The van der Waals surface area contributed by atoms with Crippen LogP contribution in [0.1, 0.15) is 46.7 Å². The lowest BCUT2D eigenvalue weighted by atomic mass is 9.98. The van der Waals surface area contributed by atoms with Crippen molar-refractivity contribution in [3.8, 4) is 0 Å². The number of nitrogens with zero attached hydrogens (tertiary/aromatic N) is 2. The van der Waals surface area contributed by atoms with Gasteiger partial charge in [-0.25, -0.2) is 0 Å². The molecule has 0 unspecified atom stereocenters. The SMILES string of the molecule is CCn1nc(C)cc1C(=O)N[C@H](CC(=O)O)c1ccccc1C. The third-order valence-corrected chi connectivity index (χ3v) is 3.68. The predicted molar refractivity (Wildman–Crippen MR) is 86.3 cm³/mol. The van der Waals surface area contributed by atoms with Gasteiger partial charge in [0.15, 0.2) is 0 Å². The highest BCUT2D eigenvalue weighted by atomic mass is 16.4. The maximum atomic E-state index is 12.5. The van der Waals surface area contributed by atoms with Gasteiger partial charge in [0.25, 0.3) is 5.91 Å². The fourth-order valence-electron chi connectivity index (χ4n) is 2.59. The third kappa shape index (κ3) is 3.97. The summed E-state index contributed by atoms with van der Waals surface area (Å²) in [6.07, 6.45) is -0.171. The normalized spacial score (nSPS) is 12.0. The molecule has 23 heavy (non-hydrogen) atoms. The van der Waals surface area contributed by atoms with E-state index in [0.717, 1.165) is 16.8 Å². The minimum Gasteiger partial charge on any atom is -0.481 e. The van der Waals surface area contributed by atoms with Gasteiger partial charge < -0.3 is 10.4 Å². The van der Waals surface area contributed by atoms with Crippen LogP contribution in [-0.2, 0) is 11.3 Å². The molecule has 0 aliphatic rings. The number of amides is 1. The second-order valence-corrected chi connectivity index (χ2v) is 5.47. The molecule has 2 aromatic rings. The van der Waals surface area contributed by atoms with E-state index in [4.69, 9.17) is 5.11 Å². The van der Waals surface area contributed by atoms with Crippen LogP contribution in [0.4, 0.5) is 0 Å². The molecule has 0 aliphatic carbocycles. The van der Waals surface area contributed by atoms with Gasteiger partial charge in [0.2, 0.25) is 0 Å². The molecule has 1 heterocycles. The van der Waals surface area contributed by atoms with Crippen molar-refractivity contribution in [3.63, 3.8) is 0 Å². The number of carboxylic acid groups (broad SMARTS) is 1. The Hall–Kier alpha value is -2.63. The summed E-state index contributed by atoms with van der Waals surface area (Å²) < 4.78 is 1.61. The van der Waals surface area contributed by atoms with Crippen LogP contribution in [0.15, 0.2) is 30.3 Å². The number of hydrogen-bond donors (Lipinski definition) is 2. The van der Waals surface area contributed by atoms with E-state index in [0.29, 0.717) is 12.2 Å². The fraction of sp³-hybridized carbons (Fsp3) is 0.353. The van der Waals surface area contributed by atoms with Gasteiger partial charge in [0.1, 0.15) is 5.69 Å². The third-order valence-electron chi connectivity index (χ3n) is 3.68. The van der Waals surface area contributed by atoms with Crippen LogP contribution >= 0.6 is 0 Å². The molecule has 0 fully saturated rings. The Labute approximate surface area is 135 Å². The lowest BCUT2D eigenvalue weighted by Crippen LogP contribution is -2.32. The Kier molecular flexibility index (Phi) is 5.16. The number of rotatable bonds is 6. The van der Waals surface area contributed by atoms with Crippen molar-refractivity contribution in [1.82, 2.24) is 15.1 Å². The average Bonchev–Trinajstić information content (AvgIpc) is 2.88. The van der Waals surface area contributed by atoms with Crippen molar-refractivity contribution >= 4 is 11.9 Å². The molecule has 2 rings (SSSR count). The zero-order valence-electron chi connectivity index (χ0n) is 13.5. The van der Waals surface area contributed by atoms with E-state index in [1.165, 1.54) is 0 Å². The molecule has 0 spiro atoms. The van der Waals surface area contributed by atoms with Crippen LogP contribution in [-0.4, -0.2) is 26.8 Å². The van der Waals surface area contributed by atoms with Crippen molar-refractivity contribution in [2.45, 2.75) is 39.8 Å². The zero-order valence-corrected chi connectivity index (χ0v) is 13.5. The minimum atomic E-state index is -0.960. The first kappa shape index (κ1) is 16.7. The van der Waals surface area contributed by atoms with Gasteiger partial charge >= 0.3 is 5.97 Å². The van der Waals surface area contributed by atoms with E-state index in [-0.39, 0.29) is 12.3 Å². The van der Waals surface area contributed by atoms with Crippen LogP contribution in [0.5, 0.6) is 0 Å². The monoisotopic (exact) mass is 315 g/mol. The summed E-state index contributed by atoms with van der Waals surface area (Å²) in [6.45, 7) is 6.19. The van der Waals surface area contributed by atoms with Gasteiger partial charge in [-0.2, -0.15) is 5.10 Å². The highest BCUT2D eigenvalue weighted by Crippen LogP contribution is 2.21. The molecular formula is C17H21N3O3. The van der Waals surface area contributed by atoms with E-state index in [1.54, 1.807) is 10.7 Å². The summed E-state index contributed by atoms with van der Waals surface area (Å²) in [5, 5.41) is 16.2. The Morgan fingerprint density at radius 1 is 1.30 bits per heavy atom. The zero-order chi connectivity index (χ0) is 17.0. The first-order valence-corrected chi connectivity index (χ1v) is 7.55. The van der Waals surface area contributed by atoms with Gasteiger partial charge in [-0.3, -0.25) is 14.3 Å². The van der Waals surface area contributed by atoms with Crippen LogP contribution in [0, 0.1) is 13.8 Å². The fourth-order valence-corrected chi connectivity index (χ4v) is 2.59. The second-order valence-electron chi connectivity index (χ2n) is 5.47. The van der Waals surface area contributed by atoms with E-state index in [2.05, 4.69) is 10.4 Å².